The highest BCUT2D eigenvalue weighted by atomic mass is 16.5. The van der Waals surface area contributed by atoms with Crippen LogP contribution in [0.25, 0.3) is 33.1 Å². The van der Waals surface area contributed by atoms with E-state index in [1.165, 1.54) is 0 Å². The predicted molar refractivity (Wildman–Crippen MR) is 141 cm³/mol. The lowest BCUT2D eigenvalue weighted by Crippen LogP contribution is -1.99. The number of rotatable bonds is 5. The van der Waals surface area contributed by atoms with Gasteiger partial charge in [-0.05, 0) is 57.2 Å². The number of aromatic hydroxyl groups is 1. The Hall–Kier alpha value is -4.52. The van der Waals surface area contributed by atoms with Crippen LogP contribution >= 0.6 is 0 Å². The zero-order valence-corrected chi connectivity index (χ0v) is 20.6. The lowest BCUT2D eigenvalue weighted by atomic mass is 10.0. The summed E-state index contributed by atoms with van der Waals surface area (Å²) in [7, 11) is 1.58. The lowest BCUT2D eigenvalue weighted by Gasteiger charge is -2.10. The van der Waals surface area contributed by atoms with E-state index in [4.69, 9.17) is 9.72 Å². The Morgan fingerprint density at radius 1 is 1.00 bits per heavy atom. The van der Waals surface area contributed by atoms with Gasteiger partial charge in [0, 0.05) is 22.4 Å². The van der Waals surface area contributed by atoms with E-state index in [9.17, 15) is 9.90 Å². The molecule has 0 radical (unpaired) electrons. The summed E-state index contributed by atoms with van der Waals surface area (Å²) in [5.74, 6) is 0.0532. The number of methoxy groups -OCH3 is 1. The highest BCUT2D eigenvalue weighted by molar-refractivity contribution is 6.08. The standard InChI is InChI=1S/C29H26N4O3/c1-17(2)33-26-13-11-20(36-4)15-23(26)27(29(33)35)31-32-28(34)22-16-25(19-8-6-5-7-9-19)30-24-12-10-18(3)14-21(22)24/h5-17,35H,1-4H3. The number of nitrogens with zero attached hydrogens (tertiary/aromatic N) is 4. The van der Waals surface area contributed by atoms with Crippen molar-refractivity contribution in [2.45, 2.75) is 26.8 Å². The van der Waals surface area contributed by atoms with E-state index < -0.39 is 5.91 Å². The summed E-state index contributed by atoms with van der Waals surface area (Å²) in [6.45, 7) is 5.89. The van der Waals surface area contributed by atoms with Crippen LogP contribution in [0.1, 0.15) is 35.8 Å². The Morgan fingerprint density at radius 3 is 2.50 bits per heavy atom. The van der Waals surface area contributed by atoms with Crippen molar-refractivity contribution in [2.75, 3.05) is 7.11 Å². The van der Waals surface area contributed by atoms with Gasteiger partial charge in [0.05, 0.1) is 29.4 Å². The maximum absolute atomic E-state index is 13.4. The summed E-state index contributed by atoms with van der Waals surface area (Å²) in [6, 6.07) is 22.7. The van der Waals surface area contributed by atoms with E-state index in [0.717, 1.165) is 16.6 Å². The van der Waals surface area contributed by atoms with Crippen LogP contribution in [0.15, 0.2) is 83.0 Å². The van der Waals surface area contributed by atoms with Crippen LogP contribution in [-0.4, -0.2) is 27.7 Å². The minimum absolute atomic E-state index is 0.0268. The number of azo groups is 1. The Bertz CT molecular complexity index is 1640. The number of carbonyl (C=O) groups is 1. The van der Waals surface area contributed by atoms with Crippen molar-refractivity contribution in [1.29, 1.82) is 0 Å². The van der Waals surface area contributed by atoms with Crippen molar-refractivity contribution in [3.8, 4) is 22.9 Å². The second-order valence-corrected chi connectivity index (χ2v) is 8.97. The highest BCUT2D eigenvalue weighted by Gasteiger charge is 2.20. The molecule has 5 rings (SSSR count). The summed E-state index contributed by atoms with van der Waals surface area (Å²) in [5, 5.41) is 20.6. The minimum atomic E-state index is -0.516. The second-order valence-electron chi connectivity index (χ2n) is 8.97. The van der Waals surface area contributed by atoms with Crippen molar-refractivity contribution >= 4 is 33.4 Å². The SMILES string of the molecule is COc1ccc2c(c1)c(N=NC(=O)c1cc(-c3ccccc3)nc3ccc(C)cc13)c(O)n2C(C)C. The first kappa shape index (κ1) is 23.2. The van der Waals surface area contributed by atoms with Crippen LogP contribution in [0.3, 0.4) is 0 Å². The number of pyridine rings is 1. The lowest BCUT2D eigenvalue weighted by molar-refractivity contribution is 0.0996. The van der Waals surface area contributed by atoms with Crippen LogP contribution in [0.5, 0.6) is 11.6 Å². The average molecular weight is 479 g/mol. The second kappa shape index (κ2) is 9.26. The third-order valence-corrected chi connectivity index (χ3v) is 6.18. The van der Waals surface area contributed by atoms with Crippen molar-refractivity contribution < 1.29 is 14.6 Å². The molecular weight excluding hydrogens is 452 g/mol. The summed E-state index contributed by atoms with van der Waals surface area (Å²) in [5.41, 5.74) is 4.68. The number of benzene rings is 3. The number of amides is 1. The smallest absolute Gasteiger partial charge is 0.296 e. The number of fused-ring (bicyclic) bond motifs is 2. The van der Waals surface area contributed by atoms with Gasteiger partial charge in [0.1, 0.15) is 5.75 Å². The zero-order chi connectivity index (χ0) is 25.4. The Balaban J connectivity index is 1.64. The molecule has 0 atom stereocenters. The molecule has 36 heavy (non-hydrogen) atoms. The maximum Gasteiger partial charge on any atom is 0.296 e. The predicted octanol–water partition coefficient (Wildman–Crippen LogP) is 7.38. The fraction of sp³-hybridized carbons (Fsp3) is 0.172. The molecule has 3 aromatic carbocycles. The van der Waals surface area contributed by atoms with E-state index >= 15 is 0 Å². The van der Waals surface area contributed by atoms with E-state index in [1.807, 2.05) is 81.4 Å². The number of aromatic nitrogens is 2. The summed E-state index contributed by atoms with van der Waals surface area (Å²) in [6.07, 6.45) is 0. The first-order chi connectivity index (χ1) is 17.4. The van der Waals surface area contributed by atoms with Crippen LogP contribution in [0.4, 0.5) is 5.69 Å². The van der Waals surface area contributed by atoms with Crippen molar-refractivity contribution in [3.63, 3.8) is 0 Å². The van der Waals surface area contributed by atoms with E-state index in [-0.39, 0.29) is 17.6 Å². The molecule has 0 aliphatic carbocycles. The van der Waals surface area contributed by atoms with Crippen LogP contribution in [-0.2, 0) is 0 Å². The molecule has 7 heteroatoms. The molecule has 0 aliphatic heterocycles. The number of aryl methyl sites for hydroxylation is 1. The zero-order valence-electron chi connectivity index (χ0n) is 20.6. The van der Waals surface area contributed by atoms with Gasteiger partial charge in [-0.3, -0.25) is 4.79 Å². The summed E-state index contributed by atoms with van der Waals surface area (Å²) >= 11 is 0. The highest BCUT2D eigenvalue weighted by Crippen LogP contribution is 2.42. The van der Waals surface area contributed by atoms with Gasteiger partial charge in [0.15, 0.2) is 5.69 Å². The first-order valence-corrected chi connectivity index (χ1v) is 11.7. The van der Waals surface area contributed by atoms with E-state index in [1.54, 1.807) is 23.8 Å². The maximum atomic E-state index is 13.4. The van der Waals surface area contributed by atoms with Crippen LogP contribution in [0, 0.1) is 6.92 Å². The quantitative estimate of drug-likeness (QED) is 0.267. The molecule has 0 unspecified atom stereocenters. The number of hydrogen-bond acceptors (Lipinski definition) is 5. The van der Waals surface area contributed by atoms with Crippen molar-refractivity contribution in [2.24, 2.45) is 10.2 Å². The van der Waals surface area contributed by atoms with Gasteiger partial charge < -0.3 is 14.4 Å². The molecule has 1 N–H and O–H groups in total. The molecule has 0 fully saturated rings. The van der Waals surface area contributed by atoms with Gasteiger partial charge >= 0.3 is 0 Å². The fourth-order valence-corrected chi connectivity index (χ4v) is 4.43. The Morgan fingerprint density at radius 2 is 1.78 bits per heavy atom. The third-order valence-electron chi connectivity index (χ3n) is 6.18. The molecule has 0 saturated heterocycles. The molecule has 2 heterocycles. The normalized spacial score (nSPS) is 11.7. The molecule has 0 spiro atoms. The van der Waals surface area contributed by atoms with Crippen molar-refractivity contribution in [3.05, 3.63) is 83.9 Å². The fourth-order valence-electron chi connectivity index (χ4n) is 4.43. The molecule has 0 saturated carbocycles. The first-order valence-electron chi connectivity index (χ1n) is 11.7. The molecule has 2 aromatic heterocycles. The molecule has 5 aromatic rings. The summed E-state index contributed by atoms with van der Waals surface area (Å²) < 4.78 is 7.12. The number of ether oxygens (including phenoxy) is 1. The van der Waals surface area contributed by atoms with Gasteiger partial charge in [0.25, 0.3) is 5.91 Å². The number of carbonyl (C=O) groups excluding carboxylic acids is 1. The van der Waals surface area contributed by atoms with Gasteiger partial charge in [-0.2, -0.15) is 0 Å². The molecule has 180 valence electrons. The Kier molecular flexibility index (Phi) is 5.98. The topological polar surface area (TPSA) is 89.1 Å². The van der Waals surface area contributed by atoms with Crippen LogP contribution in [0.2, 0.25) is 0 Å². The number of hydrogen-bond donors (Lipinski definition) is 1. The Labute approximate surface area is 208 Å². The van der Waals surface area contributed by atoms with Crippen molar-refractivity contribution in [1.82, 2.24) is 9.55 Å². The van der Waals surface area contributed by atoms with E-state index in [0.29, 0.717) is 33.3 Å². The monoisotopic (exact) mass is 478 g/mol. The van der Waals surface area contributed by atoms with E-state index in [2.05, 4.69) is 10.2 Å². The average Bonchev–Trinajstić information content (AvgIpc) is 3.17. The minimum Gasteiger partial charge on any atom is -0.497 e. The van der Waals surface area contributed by atoms with Crippen LogP contribution < -0.4 is 4.74 Å². The summed E-state index contributed by atoms with van der Waals surface area (Å²) in [4.78, 5) is 18.2. The molecule has 0 aliphatic rings. The van der Waals surface area contributed by atoms with Gasteiger partial charge in [-0.1, -0.05) is 42.0 Å². The van der Waals surface area contributed by atoms with Gasteiger partial charge in [-0.25, -0.2) is 4.98 Å². The molecule has 7 nitrogen and oxygen atoms in total. The largest absolute Gasteiger partial charge is 0.497 e. The van der Waals surface area contributed by atoms with Gasteiger partial charge in [0.2, 0.25) is 5.88 Å². The molecular formula is C29H26N4O3. The van der Waals surface area contributed by atoms with Gasteiger partial charge in [-0.15, -0.1) is 10.2 Å². The third kappa shape index (κ3) is 4.09. The molecule has 1 amide bonds. The molecule has 0 bridgehead atoms.